The number of hydrogen-bond acceptors (Lipinski definition) is 6. The van der Waals surface area contributed by atoms with E-state index < -0.39 is 21.5 Å². The lowest BCUT2D eigenvalue weighted by Crippen LogP contribution is -2.40. The number of rotatable bonds is 8. The molecule has 3 rings (SSSR count). The summed E-state index contributed by atoms with van der Waals surface area (Å²) in [4.78, 5) is 16.4. The standard InChI is InChI=1S/C22H25N3O5S/c1-22(2,3)25-31(27,28)20-11-10-19(30-20)21(26)24-14-16-6-8-18(9-7-16)29-15-17-5-4-12-23-13-17/h4-13,25H,14-15H2,1-3H3,(H,24,26). The first kappa shape index (κ1) is 22.5. The second kappa shape index (κ2) is 9.32. The molecule has 0 fully saturated rings. The number of sulfonamides is 1. The van der Waals surface area contributed by atoms with Crippen LogP contribution in [-0.4, -0.2) is 24.8 Å². The van der Waals surface area contributed by atoms with Crippen LogP contribution < -0.4 is 14.8 Å². The molecule has 2 N–H and O–H groups in total. The minimum absolute atomic E-state index is 0.0780. The van der Waals surface area contributed by atoms with Crippen LogP contribution in [0.5, 0.6) is 5.75 Å². The zero-order valence-electron chi connectivity index (χ0n) is 17.6. The Morgan fingerprint density at radius 1 is 1.06 bits per heavy atom. The van der Waals surface area contributed by atoms with E-state index in [1.165, 1.54) is 12.1 Å². The predicted octanol–water partition coefficient (Wildman–Crippen LogP) is 3.26. The molecule has 0 aliphatic carbocycles. The quantitative estimate of drug-likeness (QED) is 0.553. The van der Waals surface area contributed by atoms with Crippen LogP contribution in [0, 0.1) is 0 Å². The molecule has 2 aromatic heterocycles. The third-order valence-electron chi connectivity index (χ3n) is 4.02. The Bertz CT molecular complexity index is 1120. The monoisotopic (exact) mass is 443 g/mol. The number of hydrogen-bond donors (Lipinski definition) is 2. The number of nitrogens with zero attached hydrogens (tertiary/aromatic N) is 1. The molecule has 3 aromatic rings. The highest BCUT2D eigenvalue weighted by Gasteiger charge is 2.26. The molecule has 1 aromatic carbocycles. The van der Waals surface area contributed by atoms with Crippen LogP contribution in [0.2, 0.25) is 0 Å². The smallest absolute Gasteiger partial charge is 0.287 e. The highest BCUT2D eigenvalue weighted by Crippen LogP contribution is 2.17. The van der Waals surface area contributed by atoms with Crippen LogP contribution in [0.4, 0.5) is 0 Å². The van der Waals surface area contributed by atoms with Crippen molar-refractivity contribution >= 4 is 15.9 Å². The van der Waals surface area contributed by atoms with E-state index in [0.717, 1.165) is 11.1 Å². The van der Waals surface area contributed by atoms with E-state index in [9.17, 15) is 13.2 Å². The van der Waals surface area contributed by atoms with Gasteiger partial charge in [-0.1, -0.05) is 18.2 Å². The summed E-state index contributed by atoms with van der Waals surface area (Å²) in [6, 6.07) is 13.7. The van der Waals surface area contributed by atoms with Crippen LogP contribution in [-0.2, 0) is 23.2 Å². The van der Waals surface area contributed by atoms with Gasteiger partial charge in [0.15, 0.2) is 5.76 Å². The second-order valence-corrected chi connectivity index (χ2v) is 9.56. The summed E-state index contributed by atoms with van der Waals surface area (Å²) in [7, 11) is -3.84. The van der Waals surface area contributed by atoms with Gasteiger partial charge in [-0.2, -0.15) is 0 Å². The van der Waals surface area contributed by atoms with Crippen molar-refractivity contribution in [3.8, 4) is 5.75 Å². The van der Waals surface area contributed by atoms with Gasteiger partial charge >= 0.3 is 0 Å². The lowest BCUT2D eigenvalue weighted by atomic mass is 10.1. The molecule has 0 saturated carbocycles. The van der Waals surface area contributed by atoms with Crippen molar-refractivity contribution < 1.29 is 22.4 Å². The average Bonchev–Trinajstić information content (AvgIpc) is 3.22. The highest BCUT2D eigenvalue weighted by molar-refractivity contribution is 7.89. The van der Waals surface area contributed by atoms with Gasteiger partial charge in [-0.05, 0) is 56.7 Å². The zero-order chi connectivity index (χ0) is 22.5. The van der Waals surface area contributed by atoms with E-state index in [0.29, 0.717) is 12.4 Å². The molecule has 2 heterocycles. The number of carbonyl (C=O) groups is 1. The molecule has 0 radical (unpaired) electrons. The lowest BCUT2D eigenvalue weighted by Gasteiger charge is -2.18. The lowest BCUT2D eigenvalue weighted by molar-refractivity contribution is 0.0918. The van der Waals surface area contributed by atoms with Gasteiger partial charge in [-0.3, -0.25) is 9.78 Å². The predicted molar refractivity (Wildman–Crippen MR) is 115 cm³/mol. The Hall–Kier alpha value is -3.17. The number of ether oxygens (including phenoxy) is 1. The summed E-state index contributed by atoms with van der Waals surface area (Å²) in [5.74, 6) is 0.117. The number of aromatic nitrogens is 1. The van der Waals surface area contributed by atoms with Gasteiger partial charge in [0, 0.05) is 30.0 Å². The Morgan fingerprint density at radius 2 is 1.81 bits per heavy atom. The van der Waals surface area contributed by atoms with Crippen LogP contribution in [0.15, 0.2) is 70.4 Å². The molecule has 0 saturated heterocycles. The van der Waals surface area contributed by atoms with Crippen LogP contribution in [0.3, 0.4) is 0 Å². The number of carbonyl (C=O) groups excluding carboxylic acids is 1. The minimum Gasteiger partial charge on any atom is -0.489 e. The van der Waals surface area contributed by atoms with E-state index in [-0.39, 0.29) is 17.4 Å². The van der Waals surface area contributed by atoms with E-state index in [1.54, 1.807) is 33.2 Å². The SMILES string of the molecule is CC(C)(C)NS(=O)(=O)c1ccc(C(=O)NCc2ccc(OCc3cccnc3)cc2)o1. The maximum absolute atomic E-state index is 12.3. The van der Waals surface area contributed by atoms with Crippen molar-refractivity contribution in [2.24, 2.45) is 0 Å². The Balaban J connectivity index is 1.53. The third-order valence-corrected chi connectivity index (χ3v) is 5.65. The van der Waals surface area contributed by atoms with Crippen molar-refractivity contribution in [3.05, 3.63) is 77.8 Å². The first-order valence-corrected chi connectivity index (χ1v) is 11.1. The average molecular weight is 444 g/mol. The normalized spacial score (nSPS) is 11.8. The van der Waals surface area contributed by atoms with Crippen LogP contribution >= 0.6 is 0 Å². The molecule has 0 unspecified atom stereocenters. The summed E-state index contributed by atoms with van der Waals surface area (Å²) >= 11 is 0. The third kappa shape index (κ3) is 6.66. The molecule has 0 spiro atoms. The van der Waals surface area contributed by atoms with Crippen molar-refractivity contribution in [3.63, 3.8) is 0 Å². The maximum Gasteiger partial charge on any atom is 0.287 e. The molecule has 0 aliphatic heterocycles. The van der Waals surface area contributed by atoms with E-state index >= 15 is 0 Å². The van der Waals surface area contributed by atoms with E-state index in [2.05, 4.69) is 15.0 Å². The molecular weight excluding hydrogens is 418 g/mol. The fourth-order valence-electron chi connectivity index (χ4n) is 2.66. The van der Waals surface area contributed by atoms with Gasteiger partial charge in [0.05, 0.1) is 0 Å². The van der Waals surface area contributed by atoms with Crippen molar-refractivity contribution in [1.82, 2.24) is 15.0 Å². The van der Waals surface area contributed by atoms with Crippen LogP contribution in [0.25, 0.3) is 0 Å². The summed E-state index contributed by atoms with van der Waals surface area (Å²) in [5, 5.41) is 2.41. The summed E-state index contributed by atoms with van der Waals surface area (Å²) < 4.78 is 38.0. The Morgan fingerprint density at radius 3 is 2.45 bits per heavy atom. The molecule has 0 bridgehead atoms. The van der Waals surface area contributed by atoms with Crippen LogP contribution in [0.1, 0.15) is 42.5 Å². The highest BCUT2D eigenvalue weighted by atomic mass is 32.2. The van der Waals surface area contributed by atoms with Gasteiger partial charge < -0.3 is 14.5 Å². The van der Waals surface area contributed by atoms with Crippen molar-refractivity contribution in [1.29, 1.82) is 0 Å². The topological polar surface area (TPSA) is 111 Å². The van der Waals surface area contributed by atoms with Crippen molar-refractivity contribution in [2.45, 2.75) is 44.6 Å². The molecule has 9 heteroatoms. The summed E-state index contributed by atoms with van der Waals surface area (Å²) in [6.07, 6.45) is 3.45. The number of pyridine rings is 1. The zero-order valence-corrected chi connectivity index (χ0v) is 18.4. The van der Waals surface area contributed by atoms with E-state index in [4.69, 9.17) is 9.15 Å². The molecule has 1 amide bonds. The van der Waals surface area contributed by atoms with Gasteiger partial charge in [-0.25, -0.2) is 13.1 Å². The number of furan rings is 1. The first-order valence-electron chi connectivity index (χ1n) is 9.65. The Labute approximate surface area is 181 Å². The Kier molecular flexibility index (Phi) is 6.77. The molecule has 0 aliphatic rings. The number of amides is 1. The van der Waals surface area contributed by atoms with Crippen molar-refractivity contribution in [2.75, 3.05) is 0 Å². The largest absolute Gasteiger partial charge is 0.489 e. The first-order chi connectivity index (χ1) is 14.6. The number of benzene rings is 1. The molecular formula is C22H25N3O5S. The fourth-order valence-corrected chi connectivity index (χ4v) is 4.02. The summed E-state index contributed by atoms with van der Waals surface area (Å²) in [6.45, 7) is 5.82. The maximum atomic E-state index is 12.3. The molecule has 31 heavy (non-hydrogen) atoms. The second-order valence-electron chi connectivity index (χ2n) is 7.95. The number of nitrogens with one attached hydrogen (secondary N) is 2. The van der Waals surface area contributed by atoms with Gasteiger partial charge in [0.1, 0.15) is 12.4 Å². The van der Waals surface area contributed by atoms with Gasteiger partial charge in [0.2, 0.25) is 5.09 Å². The van der Waals surface area contributed by atoms with Gasteiger partial charge in [0.25, 0.3) is 15.9 Å². The summed E-state index contributed by atoms with van der Waals surface area (Å²) in [5.41, 5.74) is 1.16. The molecule has 164 valence electrons. The van der Waals surface area contributed by atoms with Gasteiger partial charge in [-0.15, -0.1) is 0 Å². The molecule has 0 atom stereocenters. The fraction of sp³-hybridized carbons (Fsp3) is 0.273. The van der Waals surface area contributed by atoms with E-state index in [1.807, 2.05) is 36.4 Å². The molecule has 8 nitrogen and oxygen atoms in total. The minimum atomic E-state index is -3.84.